The molecule has 4 aromatic rings. The number of phenols is 1. The van der Waals surface area contributed by atoms with Gasteiger partial charge in [0.1, 0.15) is 22.7 Å². The number of aromatic carboxylic acids is 1. The van der Waals surface area contributed by atoms with Crippen molar-refractivity contribution in [3.05, 3.63) is 71.2 Å². The first-order valence-corrected chi connectivity index (χ1v) is 10.7. The van der Waals surface area contributed by atoms with Gasteiger partial charge in [-0.2, -0.15) is 0 Å². The summed E-state index contributed by atoms with van der Waals surface area (Å²) in [6.07, 6.45) is 3.37. The van der Waals surface area contributed by atoms with Crippen molar-refractivity contribution in [3.63, 3.8) is 0 Å². The molecule has 4 N–H and O–H groups in total. The number of benzene rings is 2. The summed E-state index contributed by atoms with van der Waals surface area (Å²) in [5, 5.41) is 30.0. The second-order valence-corrected chi connectivity index (χ2v) is 8.13. The summed E-state index contributed by atoms with van der Waals surface area (Å²) < 4.78 is 5.97. The molecule has 32 heavy (non-hydrogen) atoms. The predicted octanol–water partition coefficient (Wildman–Crippen LogP) is 4.37. The molecule has 2 aromatic heterocycles. The molecule has 0 aliphatic carbocycles. The average molecular weight is 434 g/mol. The number of nitrogens with zero attached hydrogens (tertiary/aromatic N) is 1. The highest BCUT2D eigenvalue weighted by molar-refractivity contribution is 6.16. The molecule has 0 radical (unpaired) electrons. The summed E-state index contributed by atoms with van der Waals surface area (Å²) in [5.74, 6) is -0.742. The van der Waals surface area contributed by atoms with E-state index < -0.39 is 12.0 Å². The van der Waals surface area contributed by atoms with Gasteiger partial charge in [-0.15, -0.1) is 0 Å². The molecule has 0 bridgehead atoms. The van der Waals surface area contributed by atoms with Crippen LogP contribution in [0.15, 0.2) is 53.2 Å². The molecule has 2 heterocycles. The lowest BCUT2D eigenvalue weighted by Gasteiger charge is -2.23. The molecule has 166 valence electrons. The summed E-state index contributed by atoms with van der Waals surface area (Å²) in [7, 11) is 0. The average Bonchev–Trinajstić information content (AvgIpc) is 3.13. The lowest BCUT2D eigenvalue weighted by Crippen LogP contribution is -2.34. The number of aromatic nitrogens is 1. The van der Waals surface area contributed by atoms with Gasteiger partial charge in [-0.3, -0.25) is 4.98 Å². The van der Waals surface area contributed by atoms with Crippen LogP contribution in [-0.4, -0.2) is 40.3 Å². The number of carbonyl (C=O) groups is 1. The van der Waals surface area contributed by atoms with E-state index in [-0.39, 0.29) is 11.3 Å². The highest BCUT2D eigenvalue weighted by Crippen LogP contribution is 2.45. The lowest BCUT2D eigenvalue weighted by atomic mass is 9.90. The van der Waals surface area contributed by atoms with Gasteiger partial charge in [0.2, 0.25) is 0 Å². The molecule has 0 aliphatic heterocycles. The fourth-order valence-corrected chi connectivity index (χ4v) is 4.20. The minimum atomic E-state index is -1.09. The quantitative estimate of drug-likeness (QED) is 0.306. The van der Waals surface area contributed by atoms with Crippen molar-refractivity contribution in [1.29, 1.82) is 0 Å². The van der Waals surface area contributed by atoms with E-state index in [4.69, 9.17) is 4.42 Å². The van der Waals surface area contributed by atoms with E-state index in [9.17, 15) is 15.0 Å². The molecule has 0 fully saturated rings. The van der Waals surface area contributed by atoms with Crippen LogP contribution in [0.2, 0.25) is 0 Å². The molecular weight excluding hydrogens is 406 g/mol. The molecule has 0 saturated carbocycles. The van der Waals surface area contributed by atoms with E-state index in [2.05, 4.69) is 29.5 Å². The minimum Gasteiger partial charge on any atom is -0.507 e. The topological polar surface area (TPSA) is 108 Å². The number of furan rings is 1. The third-order valence-electron chi connectivity index (χ3n) is 5.60. The van der Waals surface area contributed by atoms with Crippen LogP contribution in [0.4, 0.5) is 0 Å². The molecule has 0 amide bonds. The zero-order valence-corrected chi connectivity index (χ0v) is 18.3. The summed E-state index contributed by atoms with van der Waals surface area (Å²) in [6.45, 7) is 7.12. The second-order valence-electron chi connectivity index (χ2n) is 8.13. The molecule has 0 spiro atoms. The van der Waals surface area contributed by atoms with Gasteiger partial charge in [0.15, 0.2) is 0 Å². The van der Waals surface area contributed by atoms with Crippen molar-refractivity contribution >= 4 is 27.7 Å². The minimum absolute atomic E-state index is 0.0440. The third-order valence-corrected chi connectivity index (χ3v) is 5.60. The summed E-state index contributed by atoms with van der Waals surface area (Å²) in [5.41, 5.74) is 1.89. The Balaban J connectivity index is 1.99. The number of hydrogen-bond donors (Lipinski definition) is 4. The molecule has 7 heteroatoms. The number of fused-ring (bicyclic) bond motifs is 3. The molecule has 2 aromatic carbocycles. The summed E-state index contributed by atoms with van der Waals surface area (Å²) in [6, 6.07) is 10.9. The zero-order valence-electron chi connectivity index (χ0n) is 18.3. The Kier molecular flexibility index (Phi) is 6.12. The van der Waals surface area contributed by atoms with Crippen LogP contribution >= 0.6 is 0 Å². The maximum absolute atomic E-state index is 12.2. The number of pyridine rings is 1. The standard InChI is InChI=1S/C25H27N3O4/c1-14(2)27-12-13-28-22(16-8-10-26-11-9-16)21-20-19(25(30)31)15(3)32-24(20)18-7-5-4-6-17(18)23(21)29/h4-11,14,22,27-29H,12-13H2,1-3H3,(H,30,31). The maximum atomic E-state index is 12.2. The number of phenolic OH excluding ortho intramolecular Hbond substituents is 1. The zero-order chi connectivity index (χ0) is 22.8. The van der Waals surface area contributed by atoms with Crippen LogP contribution in [0.3, 0.4) is 0 Å². The number of carboxylic acid groups (broad SMARTS) is 1. The van der Waals surface area contributed by atoms with Crippen LogP contribution < -0.4 is 10.6 Å². The van der Waals surface area contributed by atoms with Crippen molar-refractivity contribution in [2.24, 2.45) is 0 Å². The van der Waals surface area contributed by atoms with Crippen molar-refractivity contribution in [1.82, 2.24) is 15.6 Å². The van der Waals surface area contributed by atoms with Crippen molar-refractivity contribution in [2.45, 2.75) is 32.9 Å². The number of hydrogen-bond acceptors (Lipinski definition) is 6. The number of nitrogens with one attached hydrogen (secondary N) is 2. The Morgan fingerprint density at radius 2 is 1.72 bits per heavy atom. The SMILES string of the molecule is Cc1oc2c(c1C(=O)O)c(C(NCCNC(C)C)c1ccncc1)c(O)c1ccccc12. The van der Waals surface area contributed by atoms with Crippen molar-refractivity contribution < 1.29 is 19.4 Å². The van der Waals surface area contributed by atoms with E-state index >= 15 is 0 Å². The third kappa shape index (κ3) is 3.92. The van der Waals surface area contributed by atoms with Crippen LogP contribution in [0.5, 0.6) is 5.75 Å². The Hall–Kier alpha value is -3.42. The Bertz CT molecular complexity index is 1260. The van der Waals surface area contributed by atoms with Gasteiger partial charge in [0.05, 0.1) is 6.04 Å². The first-order chi connectivity index (χ1) is 15.4. The number of carboxylic acids is 1. The van der Waals surface area contributed by atoms with Gasteiger partial charge in [0, 0.05) is 53.2 Å². The van der Waals surface area contributed by atoms with Crippen molar-refractivity contribution in [2.75, 3.05) is 13.1 Å². The number of rotatable bonds is 8. The largest absolute Gasteiger partial charge is 0.507 e. The first-order valence-electron chi connectivity index (χ1n) is 10.7. The number of aryl methyl sites for hydroxylation is 1. The van der Waals surface area contributed by atoms with Crippen LogP contribution in [0, 0.1) is 6.92 Å². The molecule has 0 aliphatic rings. The molecule has 4 rings (SSSR count). The van der Waals surface area contributed by atoms with Crippen LogP contribution in [0.1, 0.15) is 47.1 Å². The van der Waals surface area contributed by atoms with Gasteiger partial charge >= 0.3 is 5.97 Å². The number of aromatic hydroxyl groups is 1. The second kappa shape index (κ2) is 8.98. The monoisotopic (exact) mass is 433 g/mol. The van der Waals surface area contributed by atoms with Gasteiger partial charge in [-0.25, -0.2) is 4.79 Å². The molecule has 0 saturated heterocycles. The van der Waals surface area contributed by atoms with Gasteiger partial charge in [-0.1, -0.05) is 38.1 Å². The van der Waals surface area contributed by atoms with Crippen molar-refractivity contribution in [3.8, 4) is 5.75 Å². The van der Waals surface area contributed by atoms with Gasteiger partial charge in [0.25, 0.3) is 0 Å². The fourth-order valence-electron chi connectivity index (χ4n) is 4.20. The molecule has 7 nitrogen and oxygen atoms in total. The first kappa shape index (κ1) is 21.8. The van der Waals surface area contributed by atoms with E-state index in [1.54, 1.807) is 19.3 Å². The normalized spacial score (nSPS) is 12.6. The Labute approximate surface area is 186 Å². The molecule has 1 unspecified atom stereocenters. The van der Waals surface area contributed by atoms with Gasteiger partial charge < -0.3 is 25.3 Å². The Morgan fingerprint density at radius 1 is 1.06 bits per heavy atom. The fraction of sp³-hybridized carbons (Fsp3) is 0.280. The van der Waals surface area contributed by atoms with Crippen LogP contribution in [-0.2, 0) is 0 Å². The molecular formula is C25H27N3O4. The van der Waals surface area contributed by atoms with Gasteiger partial charge in [-0.05, 0) is 24.6 Å². The highest BCUT2D eigenvalue weighted by Gasteiger charge is 2.30. The predicted molar refractivity (Wildman–Crippen MR) is 124 cm³/mol. The van der Waals surface area contributed by atoms with Crippen LogP contribution in [0.25, 0.3) is 21.7 Å². The summed E-state index contributed by atoms with van der Waals surface area (Å²) in [4.78, 5) is 16.3. The summed E-state index contributed by atoms with van der Waals surface area (Å²) >= 11 is 0. The highest BCUT2D eigenvalue weighted by atomic mass is 16.4. The van der Waals surface area contributed by atoms with E-state index in [0.717, 1.165) is 5.56 Å². The Morgan fingerprint density at radius 3 is 2.38 bits per heavy atom. The maximum Gasteiger partial charge on any atom is 0.339 e. The lowest BCUT2D eigenvalue weighted by molar-refractivity contribution is 0.0697. The van der Waals surface area contributed by atoms with E-state index in [1.165, 1.54) is 0 Å². The molecule has 1 atom stereocenters. The van der Waals surface area contributed by atoms with E-state index in [1.807, 2.05) is 36.4 Å². The smallest absolute Gasteiger partial charge is 0.339 e. The van der Waals surface area contributed by atoms with E-state index in [0.29, 0.717) is 52.2 Å².